The van der Waals surface area contributed by atoms with Gasteiger partial charge in [-0.3, -0.25) is 0 Å². The summed E-state index contributed by atoms with van der Waals surface area (Å²) in [6.07, 6.45) is 9.88. The Bertz CT molecular complexity index is 527. The molecule has 1 aromatic rings. The Balaban J connectivity index is 2.26. The fourth-order valence-electron chi connectivity index (χ4n) is 1.86. The Morgan fingerprint density at radius 2 is 2.28 bits per heavy atom. The van der Waals surface area contributed by atoms with Gasteiger partial charge in [0.25, 0.3) is 0 Å². The van der Waals surface area contributed by atoms with E-state index in [0.29, 0.717) is 5.75 Å². The van der Waals surface area contributed by atoms with E-state index in [2.05, 4.69) is 6.58 Å². The van der Waals surface area contributed by atoms with Crippen LogP contribution in [-0.4, -0.2) is 11.1 Å². The number of allylic oxidation sites excluding steroid dienone is 4. The van der Waals surface area contributed by atoms with E-state index in [1.807, 2.05) is 24.3 Å². The largest absolute Gasteiger partial charge is 0.508 e. The number of carbonyl (C=O) groups is 1. The first-order valence-electron chi connectivity index (χ1n) is 5.71. The van der Waals surface area contributed by atoms with Crippen LogP contribution < -0.4 is 4.74 Å². The third-order valence-corrected chi connectivity index (χ3v) is 2.76. The van der Waals surface area contributed by atoms with Crippen molar-refractivity contribution >= 4 is 5.97 Å². The number of aromatic hydroxyl groups is 1. The number of benzene rings is 1. The van der Waals surface area contributed by atoms with Crippen LogP contribution in [0.2, 0.25) is 0 Å². The molecule has 1 N–H and O–H groups in total. The van der Waals surface area contributed by atoms with Crippen molar-refractivity contribution in [2.75, 3.05) is 0 Å². The van der Waals surface area contributed by atoms with Crippen molar-refractivity contribution in [1.29, 1.82) is 0 Å². The van der Waals surface area contributed by atoms with Crippen LogP contribution >= 0.6 is 0 Å². The molecule has 0 amide bonds. The smallest absolute Gasteiger partial charge is 0.335 e. The maximum atomic E-state index is 11.1. The first kappa shape index (κ1) is 12.2. The molecule has 1 aliphatic rings. The highest BCUT2D eigenvalue weighted by Gasteiger charge is 2.14. The topological polar surface area (TPSA) is 46.5 Å². The van der Waals surface area contributed by atoms with Gasteiger partial charge >= 0.3 is 5.97 Å². The summed E-state index contributed by atoms with van der Waals surface area (Å²) in [6.45, 7) is 3.34. The Morgan fingerprint density at radius 1 is 1.44 bits per heavy atom. The van der Waals surface area contributed by atoms with Gasteiger partial charge in [0.1, 0.15) is 11.5 Å². The first-order chi connectivity index (χ1) is 8.70. The number of phenols is 1. The second kappa shape index (κ2) is 5.36. The lowest BCUT2D eigenvalue weighted by Gasteiger charge is -2.15. The summed E-state index contributed by atoms with van der Waals surface area (Å²) in [5.41, 5.74) is 0.755. The molecule has 0 bridgehead atoms. The molecule has 3 heteroatoms. The fraction of sp³-hybridized carbons (Fsp3) is 0.133. The van der Waals surface area contributed by atoms with Gasteiger partial charge in [0.05, 0.1) is 0 Å². The monoisotopic (exact) mass is 242 g/mol. The van der Waals surface area contributed by atoms with Crippen LogP contribution in [0.1, 0.15) is 17.9 Å². The number of rotatable bonds is 3. The van der Waals surface area contributed by atoms with Gasteiger partial charge in [-0.05, 0) is 24.6 Å². The maximum Gasteiger partial charge on any atom is 0.335 e. The fourth-order valence-corrected chi connectivity index (χ4v) is 1.86. The number of ether oxygens (including phenoxy) is 1. The van der Waals surface area contributed by atoms with Crippen LogP contribution in [0, 0.1) is 0 Å². The van der Waals surface area contributed by atoms with E-state index in [1.54, 1.807) is 12.1 Å². The standard InChI is InChI=1S/C15H14O3/c1-2-15(17)18-12-8-9-14(16)13(10-12)11-6-4-3-5-7-11/h2-6,8-11,16H,1,7H2. The molecule has 0 radical (unpaired) electrons. The lowest BCUT2D eigenvalue weighted by Crippen LogP contribution is -2.04. The minimum atomic E-state index is -0.509. The zero-order valence-electron chi connectivity index (χ0n) is 9.87. The lowest BCUT2D eigenvalue weighted by molar-refractivity contribution is -0.128. The summed E-state index contributed by atoms with van der Waals surface area (Å²) < 4.78 is 5.04. The van der Waals surface area contributed by atoms with Crippen molar-refractivity contribution in [3.05, 3.63) is 60.7 Å². The van der Waals surface area contributed by atoms with Gasteiger partial charge in [-0.1, -0.05) is 30.9 Å². The van der Waals surface area contributed by atoms with Gasteiger partial charge in [-0.25, -0.2) is 4.79 Å². The molecule has 0 heterocycles. The normalized spacial score (nSPS) is 17.4. The second-order valence-electron chi connectivity index (χ2n) is 4.00. The molecule has 0 aliphatic heterocycles. The lowest BCUT2D eigenvalue weighted by atomic mass is 9.92. The molecule has 0 fully saturated rings. The van der Waals surface area contributed by atoms with Crippen LogP contribution in [0.25, 0.3) is 0 Å². The van der Waals surface area contributed by atoms with Crippen molar-refractivity contribution in [3.8, 4) is 11.5 Å². The maximum absolute atomic E-state index is 11.1. The van der Waals surface area contributed by atoms with Crippen LogP contribution in [0.5, 0.6) is 11.5 Å². The number of hydrogen-bond acceptors (Lipinski definition) is 3. The van der Waals surface area contributed by atoms with E-state index in [1.165, 1.54) is 6.07 Å². The number of carbonyl (C=O) groups excluding carboxylic acids is 1. The Labute approximate surface area is 106 Å². The predicted molar refractivity (Wildman–Crippen MR) is 69.6 cm³/mol. The van der Waals surface area contributed by atoms with Crippen molar-refractivity contribution in [2.24, 2.45) is 0 Å². The predicted octanol–water partition coefficient (Wildman–Crippen LogP) is 3.08. The van der Waals surface area contributed by atoms with E-state index in [0.717, 1.165) is 18.1 Å². The highest BCUT2D eigenvalue weighted by Crippen LogP contribution is 2.34. The van der Waals surface area contributed by atoms with Gasteiger partial charge in [-0.2, -0.15) is 0 Å². The van der Waals surface area contributed by atoms with Gasteiger partial charge in [-0.15, -0.1) is 0 Å². The minimum Gasteiger partial charge on any atom is -0.508 e. The Morgan fingerprint density at radius 3 is 2.94 bits per heavy atom. The Kier molecular flexibility index (Phi) is 3.63. The molecule has 1 atom stereocenters. The van der Waals surface area contributed by atoms with Crippen molar-refractivity contribution in [3.63, 3.8) is 0 Å². The van der Waals surface area contributed by atoms with Crippen LogP contribution in [-0.2, 0) is 4.79 Å². The molecule has 0 saturated carbocycles. The molecule has 92 valence electrons. The zero-order valence-corrected chi connectivity index (χ0v) is 9.87. The molecule has 1 aromatic carbocycles. The molecule has 1 aliphatic carbocycles. The van der Waals surface area contributed by atoms with Crippen LogP contribution in [0.4, 0.5) is 0 Å². The Hall–Kier alpha value is -2.29. The van der Waals surface area contributed by atoms with Crippen LogP contribution in [0.3, 0.4) is 0 Å². The molecule has 0 spiro atoms. The first-order valence-corrected chi connectivity index (χ1v) is 5.71. The van der Waals surface area contributed by atoms with Crippen molar-refractivity contribution < 1.29 is 14.6 Å². The number of phenolic OH excluding ortho intramolecular Hbond substituents is 1. The number of esters is 1. The average Bonchev–Trinajstić information content (AvgIpc) is 2.42. The molecule has 0 saturated heterocycles. The molecule has 2 rings (SSSR count). The van der Waals surface area contributed by atoms with Gasteiger partial charge < -0.3 is 9.84 Å². The van der Waals surface area contributed by atoms with Gasteiger partial charge in [0.2, 0.25) is 0 Å². The molecule has 0 aromatic heterocycles. The molecule has 3 nitrogen and oxygen atoms in total. The average molecular weight is 242 g/mol. The zero-order chi connectivity index (χ0) is 13.0. The van der Waals surface area contributed by atoms with Crippen LogP contribution in [0.15, 0.2) is 55.2 Å². The second-order valence-corrected chi connectivity index (χ2v) is 4.00. The van der Waals surface area contributed by atoms with E-state index in [4.69, 9.17) is 4.74 Å². The van der Waals surface area contributed by atoms with Crippen molar-refractivity contribution in [1.82, 2.24) is 0 Å². The number of hydrogen-bond donors (Lipinski definition) is 1. The van der Waals surface area contributed by atoms with E-state index < -0.39 is 5.97 Å². The highest BCUT2D eigenvalue weighted by molar-refractivity contribution is 5.83. The summed E-state index contributed by atoms with van der Waals surface area (Å²) in [5, 5.41) is 9.86. The quantitative estimate of drug-likeness (QED) is 0.503. The molecular formula is C15H14O3. The van der Waals surface area contributed by atoms with E-state index >= 15 is 0 Å². The molecule has 1 unspecified atom stereocenters. The summed E-state index contributed by atoms with van der Waals surface area (Å²) in [7, 11) is 0. The summed E-state index contributed by atoms with van der Waals surface area (Å²) in [5.74, 6) is 0.220. The molecule has 18 heavy (non-hydrogen) atoms. The van der Waals surface area contributed by atoms with E-state index in [-0.39, 0.29) is 11.7 Å². The third-order valence-electron chi connectivity index (χ3n) is 2.76. The van der Waals surface area contributed by atoms with Gasteiger partial charge in [0, 0.05) is 17.6 Å². The summed E-state index contributed by atoms with van der Waals surface area (Å²) in [4.78, 5) is 11.1. The third kappa shape index (κ3) is 2.69. The SMILES string of the molecule is C=CC(=O)Oc1ccc(O)c(C2C=CC=CC2)c1. The summed E-state index contributed by atoms with van der Waals surface area (Å²) >= 11 is 0. The minimum absolute atomic E-state index is 0.109. The summed E-state index contributed by atoms with van der Waals surface area (Å²) in [6, 6.07) is 4.78. The van der Waals surface area contributed by atoms with Crippen molar-refractivity contribution in [2.45, 2.75) is 12.3 Å². The molecular weight excluding hydrogens is 228 g/mol. The van der Waals surface area contributed by atoms with Gasteiger partial charge in [0.15, 0.2) is 0 Å². The van der Waals surface area contributed by atoms with E-state index in [9.17, 15) is 9.90 Å². The highest BCUT2D eigenvalue weighted by atomic mass is 16.5.